The molecule has 1 atom stereocenters. The summed E-state index contributed by atoms with van der Waals surface area (Å²) >= 11 is 0. The van der Waals surface area contributed by atoms with Crippen molar-refractivity contribution in [3.05, 3.63) is 23.8 Å². The minimum Gasteiger partial charge on any atom is -0.479 e. The van der Waals surface area contributed by atoms with Gasteiger partial charge in [-0.15, -0.1) is 0 Å². The number of Topliss-reactive ketones (excluding diaryl/α,β-unsaturated/α-hetero) is 1. The molecule has 2 aliphatic rings. The molecule has 4 heteroatoms. The van der Waals surface area contributed by atoms with Crippen molar-refractivity contribution in [2.45, 2.75) is 32.3 Å². The van der Waals surface area contributed by atoms with E-state index < -0.39 is 5.60 Å². The molecule has 0 bridgehead atoms. The van der Waals surface area contributed by atoms with Crippen LogP contribution in [-0.4, -0.2) is 22.8 Å². The predicted octanol–water partition coefficient (Wildman–Crippen LogP) is 2.60. The summed E-state index contributed by atoms with van der Waals surface area (Å²) < 4.78 is 5.97. The van der Waals surface area contributed by atoms with E-state index in [-0.39, 0.29) is 17.9 Å². The molecule has 1 saturated carbocycles. The van der Waals surface area contributed by atoms with E-state index >= 15 is 0 Å². The van der Waals surface area contributed by atoms with Gasteiger partial charge in [-0.2, -0.15) is 0 Å². The van der Waals surface area contributed by atoms with Crippen LogP contribution in [0.5, 0.6) is 5.75 Å². The first-order valence-corrected chi connectivity index (χ1v) is 5.96. The summed E-state index contributed by atoms with van der Waals surface area (Å²) in [6.07, 6.45) is 0.501. The summed E-state index contributed by atoms with van der Waals surface area (Å²) in [7, 11) is 0. The molecule has 0 amide bonds. The molecule has 1 aliphatic heterocycles. The van der Waals surface area contributed by atoms with Crippen molar-refractivity contribution >= 4 is 22.9 Å². The molecule has 4 nitrogen and oxygen atoms in total. The molecule has 1 N–H and O–H groups in total. The number of hydrogen-bond donors (Lipinski definition) is 1. The van der Waals surface area contributed by atoms with Crippen LogP contribution in [-0.2, 0) is 4.79 Å². The van der Waals surface area contributed by atoms with Gasteiger partial charge in [-0.05, 0) is 31.5 Å². The first-order chi connectivity index (χ1) is 8.48. The normalized spacial score (nSPS) is 26.0. The lowest BCUT2D eigenvalue weighted by Crippen LogP contribution is -2.51. The average Bonchev–Trinajstić information content (AvgIpc) is 2.29. The standard InChI is InChI=1S/C14H14N2O2/c1-8-3-4-12-10(5-8)16-13-6-11(17)9(15)7-14(13,2)18-12/h3-5,15H,6-7H2,1-2H3. The van der Waals surface area contributed by atoms with E-state index in [0.29, 0.717) is 6.42 Å². The second-order valence-electron chi connectivity index (χ2n) is 5.12. The minimum atomic E-state index is -0.632. The third kappa shape index (κ3) is 1.56. The van der Waals surface area contributed by atoms with Gasteiger partial charge in [0.15, 0.2) is 11.4 Å². The highest BCUT2D eigenvalue weighted by Gasteiger charge is 2.43. The predicted molar refractivity (Wildman–Crippen MR) is 69.3 cm³/mol. The maximum absolute atomic E-state index is 11.6. The second kappa shape index (κ2) is 3.51. The quantitative estimate of drug-likeness (QED) is 0.760. The molecule has 92 valence electrons. The Kier molecular flexibility index (Phi) is 2.17. The average molecular weight is 242 g/mol. The molecule has 1 unspecified atom stereocenters. The number of carbonyl (C=O) groups excluding carboxylic acids is 1. The third-order valence-corrected chi connectivity index (χ3v) is 3.49. The Morgan fingerprint density at radius 3 is 3.00 bits per heavy atom. The largest absolute Gasteiger partial charge is 0.479 e. The summed E-state index contributed by atoms with van der Waals surface area (Å²) in [6.45, 7) is 3.89. The van der Waals surface area contributed by atoms with Crippen LogP contribution < -0.4 is 4.74 Å². The molecule has 1 aliphatic carbocycles. The number of carbonyl (C=O) groups is 1. The molecule has 3 rings (SSSR count). The van der Waals surface area contributed by atoms with Crippen LogP contribution in [0, 0.1) is 12.3 Å². The maximum Gasteiger partial charge on any atom is 0.182 e. The van der Waals surface area contributed by atoms with Crippen molar-refractivity contribution in [2.75, 3.05) is 0 Å². The molecule has 1 heterocycles. The van der Waals surface area contributed by atoms with E-state index in [1.165, 1.54) is 0 Å². The fourth-order valence-electron chi connectivity index (χ4n) is 2.43. The van der Waals surface area contributed by atoms with Crippen molar-refractivity contribution in [3.8, 4) is 5.75 Å². The number of aryl methyl sites for hydroxylation is 1. The van der Waals surface area contributed by atoms with Crippen molar-refractivity contribution < 1.29 is 9.53 Å². The van der Waals surface area contributed by atoms with Gasteiger partial charge in [0.2, 0.25) is 0 Å². The van der Waals surface area contributed by atoms with Crippen LogP contribution in [0.25, 0.3) is 0 Å². The van der Waals surface area contributed by atoms with Gasteiger partial charge in [0.05, 0.1) is 17.8 Å². The molecule has 0 spiro atoms. The van der Waals surface area contributed by atoms with Crippen molar-refractivity contribution in [1.29, 1.82) is 5.41 Å². The lowest BCUT2D eigenvalue weighted by Gasteiger charge is -2.38. The fraction of sp³-hybridized carbons (Fsp3) is 0.357. The lowest BCUT2D eigenvalue weighted by atomic mass is 9.81. The maximum atomic E-state index is 11.6. The van der Waals surface area contributed by atoms with Crippen LogP contribution >= 0.6 is 0 Å². The Bertz CT molecular complexity index is 604. The molecule has 1 fully saturated rings. The summed E-state index contributed by atoms with van der Waals surface area (Å²) in [5.41, 5.74) is 2.13. The smallest absolute Gasteiger partial charge is 0.182 e. The zero-order valence-electron chi connectivity index (χ0n) is 10.4. The molecular formula is C14H14N2O2. The van der Waals surface area contributed by atoms with Gasteiger partial charge in [0, 0.05) is 6.42 Å². The first kappa shape index (κ1) is 11.1. The lowest BCUT2D eigenvalue weighted by molar-refractivity contribution is -0.112. The molecule has 0 saturated heterocycles. The number of hydrogen-bond acceptors (Lipinski definition) is 4. The van der Waals surface area contributed by atoms with Crippen LogP contribution in [0.3, 0.4) is 0 Å². The monoisotopic (exact) mass is 242 g/mol. The summed E-state index contributed by atoms with van der Waals surface area (Å²) in [5, 5.41) is 7.68. The Morgan fingerprint density at radius 2 is 2.22 bits per heavy atom. The van der Waals surface area contributed by atoms with Crippen molar-refractivity contribution in [1.82, 2.24) is 0 Å². The van der Waals surface area contributed by atoms with Gasteiger partial charge < -0.3 is 10.1 Å². The number of nitrogens with zero attached hydrogens (tertiary/aromatic N) is 1. The van der Waals surface area contributed by atoms with Crippen LogP contribution in [0.4, 0.5) is 5.69 Å². The Morgan fingerprint density at radius 1 is 1.44 bits per heavy atom. The zero-order chi connectivity index (χ0) is 12.9. The van der Waals surface area contributed by atoms with E-state index in [9.17, 15) is 4.79 Å². The van der Waals surface area contributed by atoms with E-state index in [4.69, 9.17) is 10.1 Å². The number of aliphatic imine (C=N–C) groups is 1. The molecular weight excluding hydrogens is 228 g/mol. The highest BCUT2D eigenvalue weighted by molar-refractivity contribution is 6.45. The molecule has 0 radical (unpaired) electrons. The van der Waals surface area contributed by atoms with E-state index in [1.807, 2.05) is 32.0 Å². The SMILES string of the molecule is Cc1ccc2c(c1)N=C1CC(=O)C(=N)CC1(C)O2. The zero-order valence-corrected chi connectivity index (χ0v) is 10.4. The minimum absolute atomic E-state index is 0.131. The van der Waals surface area contributed by atoms with E-state index in [2.05, 4.69) is 4.99 Å². The Hall–Kier alpha value is -1.97. The Balaban J connectivity index is 2.11. The molecule has 18 heavy (non-hydrogen) atoms. The topological polar surface area (TPSA) is 62.5 Å². The van der Waals surface area contributed by atoms with Crippen molar-refractivity contribution in [2.24, 2.45) is 4.99 Å². The number of nitrogens with one attached hydrogen (secondary N) is 1. The highest BCUT2D eigenvalue weighted by atomic mass is 16.5. The van der Waals surface area contributed by atoms with Gasteiger partial charge >= 0.3 is 0 Å². The second-order valence-corrected chi connectivity index (χ2v) is 5.12. The number of benzene rings is 1. The van der Waals surface area contributed by atoms with Gasteiger partial charge in [-0.3, -0.25) is 4.79 Å². The highest BCUT2D eigenvalue weighted by Crippen LogP contribution is 2.40. The third-order valence-electron chi connectivity index (χ3n) is 3.49. The molecule has 1 aromatic carbocycles. The van der Waals surface area contributed by atoms with Gasteiger partial charge in [-0.1, -0.05) is 6.07 Å². The molecule has 0 aromatic heterocycles. The first-order valence-electron chi connectivity index (χ1n) is 5.96. The number of ether oxygens (including phenoxy) is 1. The number of fused-ring (bicyclic) bond motifs is 2. The van der Waals surface area contributed by atoms with Crippen LogP contribution in [0.2, 0.25) is 0 Å². The summed E-state index contributed by atoms with van der Waals surface area (Å²) in [5.74, 6) is 0.583. The van der Waals surface area contributed by atoms with Gasteiger partial charge in [0.25, 0.3) is 0 Å². The van der Waals surface area contributed by atoms with Gasteiger partial charge in [0.1, 0.15) is 11.4 Å². The van der Waals surface area contributed by atoms with Crippen LogP contribution in [0.15, 0.2) is 23.2 Å². The van der Waals surface area contributed by atoms with Crippen molar-refractivity contribution in [3.63, 3.8) is 0 Å². The summed E-state index contributed by atoms with van der Waals surface area (Å²) in [6, 6.07) is 5.82. The number of ketones is 1. The molecule has 1 aromatic rings. The summed E-state index contributed by atoms with van der Waals surface area (Å²) in [4.78, 5) is 16.2. The van der Waals surface area contributed by atoms with E-state index in [1.54, 1.807) is 0 Å². The fourth-order valence-corrected chi connectivity index (χ4v) is 2.43. The van der Waals surface area contributed by atoms with E-state index in [0.717, 1.165) is 22.7 Å². The van der Waals surface area contributed by atoms with Crippen LogP contribution in [0.1, 0.15) is 25.3 Å². The number of rotatable bonds is 0. The Labute approximate surface area is 105 Å². The van der Waals surface area contributed by atoms with Gasteiger partial charge in [-0.25, -0.2) is 4.99 Å².